The predicted molar refractivity (Wildman–Crippen MR) is 66.0 cm³/mol. The highest BCUT2D eigenvalue weighted by Gasteiger charge is 2.13. The second kappa shape index (κ2) is 6.74. The highest BCUT2D eigenvalue weighted by Crippen LogP contribution is 2.25. The SMILES string of the molecule is OCc1cccc(C2CCOCCOCC2)c1. The van der Waals surface area contributed by atoms with E-state index in [-0.39, 0.29) is 6.61 Å². The fourth-order valence-electron chi connectivity index (χ4n) is 2.20. The van der Waals surface area contributed by atoms with Crippen molar-refractivity contribution in [1.82, 2.24) is 0 Å². The van der Waals surface area contributed by atoms with Gasteiger partial charge in [0.15, 0.2) is 0 Å². The third kappa shape index (κ3) is 3.80. The Morgan fingerprint density at radius 1 is 1.06 bits per heavy atom. The van der Waals surface area contributed by atoms with Gasteiger partial charge in [-0.25, -0.2) is 0 Å². The number of hydrogen-bond acceptors (Lipinski definition) is 3. The van der Waals surface area contributed by atoms with Crippen LogP contribution in [0, 0.1) is 0 Å². The summed E-state index contributed by atoms with van der Waals surface area (Å²) in [4.78, 5) is 0. The number of rotatable bonds is 2. The van der Waals surface area contributed by atoms with Crippen molar-refractivity contribution in [2.75, 3.05) is 26.4 Å². The molecule has 3 nitrogen and oxygen atoms in total. The Labute approximate surface area is 102 Å². The maximum atomic E-state index is 9.16. The summed E-state index contributed by atoms with van der Waals surface area (Å²) in [6.45, 7) is 3.08. The maximum Gasteiger partial charge on any atom is 0.0700 e. The van der Waals surface area contributed by atoms with Crippen LogP contribution in [-0.4, -0.2) is 31.5 Å². The molecule has 1 aliphatic heterocycles. The Balaban J connectivity index is 2.06. The molecule has 2 rings (SSSR count). The summed E-state index contributed by atoms with van der Waals surface area (Å²) in [5, 5.41) is 9.16. The number of aliphatic hydroxyl groups is 1. The Kier molecular flexibility index (Phi) is 4.98. The third-order valence-corrected chi connectivity index (χ3v) is 3.20. The monoisotopic (exact) mass is 236 g/mol. The topological polar surface area (TPSA) is 38.7 Å². The molecule has 17 heavy (non-hydrogen) atoms. The fraction of sp³-hybridized carbons (Fsp3) is 0.571. The molecule has 1 saturated heterocycles. The van der Waals surface area contributed by atoms with Crippen LogP contribution >= 0.6 is 0 Å². The first-order valence-electron chi connectivity index (χ1n) is 6.25. The fourth-order valence-corrected chi connectivity index (χ4v) is 2.20. The van der Waals surface area contributed by atoms with Crippen molar-refractivity contribution in [3.63, 3.8) is 0 Å². The lowest BCUT2D eigenvalue weighted by Crippen LogP contribution is -2.05. The molecule has 1 aromatic rings. The Morgan fingerprint density at radius 2 is 1.76 bits per heavy atom. The summed E-state index contributed by atoms with van der Waals surface area (Å²) in [7, 11) is 0. The van der Waals surface area contributed by atoms with Crippen molar-refractivity contribution < 1.29 is 14.6 Å². The average Bonchev–Trinajstić information content (AvgIpc) is 2.52. The molecule has 94 valence electrons. The first-order valence-corrected chi connectivity index (χ1v) is 6.25. The van der Waals surface area contributed by atoms with E-state index in [1.165, 1.54) is 5.56 Å². The Bertz CT molecular complexity index is 328. The zero-order chi connectivity index (χ0) is 11.9. The van der Waals surface area contributed by atoms with E-state index in [0.29, 0.717) is 19.1 Å². The number of benzene rings is 1. The minimum absolute atomic E-state index is 0.105. The summed E-state index contributed by atoms with van der Waals surface area (Å²) in [6, 6.07) is 8.17. The molecule has 1 heterocycles. The lowest BCUT2D eigenvalue weighted by Gasteiger charge is -2.16. The summed E-state index contributed by atoms with van der Waals surface area (Å²) >= 11 is 0. The van der Waals surface area contributed by atoms with Crippen molar-refractivity contribution in [3.8, 4) is 0 Å². The minimum atomic E-state index is 0.105. The van der Waals surface area contributed by atoms with Crippen molar-refractivity contribution in [2.24, 2.45) is 0 Å². The third-order valence-electron chi connectivity index (χ3n) is 3.20. The predicted octanol–water partition coefficient (Wildman–Crippen LogP) is 2.09. The van der Waals surface area contributed by atoms with Gasteiger partial charge >= 0.3 is 0 Å². The number of ether oxygens (including phenoxy) is 2. The molecule has 0 bridgehead atoms. The first-order chi connectivity index (χ1) is 8.40. The van der Waals surface area contributed by atoms with Gasteiger partial charge in [-0.1, -0.05) is 24.3 Å². The summed E-state index contributed by atoms with van der Waals surface area (Å²) in [5.41, 5.74) is 2.26. The molecule has 0 unspecified atom stereocenters. The number of aliphatic hydroxyl groups excluding tert-OH is 1. The smallest absolute Gasteiger partial charge is 0.0700 e. The lowest BCUT2D eigenvalue weighted by atomic mass is 9.92. The largest absolute Gasteiger partial charge is 0.392 e. The van der Waals surface area contributed by atoms with Gasteiger partial charge in [-0.05, 0) is 29.9 Å². The second-order valence-electron chi connectivity index (χ2n) is 4.40. The van der Waals surface area contributed by atoms with Crippen molar-refractivity contribution in [2.45, 2.75) is 25.4 Å². The van der Waals surface area contributed by atoms with Crippen LogP contribution in [0.2, 0.25) is 0 Å². The van der Waals surface area contributed by atoms with E-state index < -0.39 is 0 Å². The highest BCUT2D eigenvalue weighted by atomic mass is 16.5. The molecule has 0 saturated carbocycles. The zero-order valence-electron chi connectivity index (χ0n) is 10.1. The Morgan fingerprint density at radius 3 is 2.41 bits per heavy atom. The van der Waals surface area contributed by atoms with Crippen LogP contribution in [0.3, 0.4) is 0 Å². The van der Waals surface area contributed by atoms with Gasteiger partial charge < -0.3 is 14.6 Å². The van der Waals surface area contributed by atoms with Crippen molar-refractivity contribution in [3.05, 3.63) is 35.4 Å². The van der Waals surface area contributed by atoms with E-state index >= 15 is 0 Å². The van der Waals surface area contributed by atoms with Gasteiger partial charge in [0, 0.05) is 13.2 Å². The zero-order valence-corrected chi connectivity index (χ0v) is 10.1. The van der Waals surface area contributed by atoms with Gasteiger partial charge in [0.05, 0.1) is 19.8 Å². The quantitative estimate of drug-likeness (QED) is 0.854. The van der Waals surface area contributed by atoms with Gasteiger partial charge in [0.25, 0.3) is 0 Å². The van der Waals surface area contributed by atoms with Crippen LogP contribution < -0.4 is 0 Å². The molecule has 3 heteroatoms. The normalized spacial score (nSPS) is 19.4. The molecular formula is C14H20O3. The van der Waals surface area contributed by atoms with Gasteiger partial charge in [-0.3, -0.25) is 0 Å². The minimum Gasteiger partial charge on any atom is -0.392 e. The van der Waals surface area contributed by atoms with Gasteiger partial charge in [-0.2, -0.15) is 0 Å². The van der Waals surface area contributed by atoms with Crippen LogP contribution in [0.15, 0.2) is 24.3 Å². The Hall–Kier alpha value is -0.900. The van der Waals surface area contributed by atoms with Gasteiger partial charge in [0.2, 0.25) is 0 Å². The van der Waals surface area contributed by atoms with Crippen LogP contribution in [0.1, 0.15) is 29.9 Å². The summed E-state index contributed by atoms with van der Waals surface area (Å²) in [6.07, 6.45) is 2.05. The molecule has 0 radical (unpaired) electrons. The van der Waals surface area contributed by atoms with Gasteiger partial charge in [-0.15, -0.1) is 0 Å². The van der Waals surface area contributed by atoms with Crippen LogP contribution in [0.5, 0.6) is 0 Å². The van der Waals surface area contributed by atoms with Crippen molar-refractivity contribution in [1.29, 1.82) is 0 Å². The van der Waals surface area contributed by atoms with E-state index in [9.17, 15) is 0 Å². The van der Waals surface area contributed by atoms with Gasteiger partial charge in [0.1, 0.15) is 0 Å². The van der Waals surface area contributed by atoms with Crippen LogP contribution in [0.4, 0.5) is 0 Å². The summed E-state index contributed by atoms with van der Waals surface area (Å²) < 4.78 is 11.0. The van der Waals surface area contributed by atoms with E-state index in [2.05, 4.69) is 12.1 Å². The average molecular weight is 236 g/mol. The van der Waals surface area contributed by atoms with Crippen LogP contribution in [0.25, 0.3) is 0 Å². The van der Waals surface area contributed by atoms with E-state index in [0.717, 1.165) is 31.6 Å². The lowest BCUT2D eigenvalue weighted by molar-refractivity contribution is 0.0584. The summed E-state index contributed by atoms with van der Waals surface area (Å²) in [5.74, 6) is 0.472. The maximum absolute atomic E-state index is 9.16. The molecule has 1 fully saturated rings. The molecular weight excluding hydrogens is 216 g/mol. The number of hydrogen-bond donors (Lipinski definition) is 1. The molecule has 0 atom stereocenters. The molecule has 1 aromatic carbocycles. The van der Waals surface area contributed by atoms with E-state index in [4.69, 9.17) is 14.6 Å². The van der Waals surface area contributed by atoms with Crippen molar-refractivity contribution >= 4 is 0 Å². The first kappa shape index (κ1) is 12.6. The molecule has 1 aliphatic rings. The molecule has 0 aliphatic carbocycles. The van der Waals surface area contributed by atoms with E-state index in [1.54, 1.807) is 0 Å². The molecule has 1 N–H and O–H groups in total. The second-order valence-corrected chi connectivity index (χ2v) is 4.40. The molecule has 0 spiro atoms. The molecule has 0 aromatic heterocycles. The van der Waals surface area contributed by atoms with Crippen LogP contribution in [-0.2, 0) is 16.1 Å². The standard InChI is InChI=1S/C14H20O3/c15-11-12-2-1-3-14(10-12)13-4-6-16-8-9-17-7-5-13/h1-3,10,13,15H,4-9,11H2. The van der Waals surface area contributed by atoms with E-state index in [1.807, 2.05) is 12.1 Å². The molecule has 0 amide bonds. The highest BCUT2D eigenvalue weighted by molar-refractivity contribution is 5.26.